The van der Waals surface area contributed by atoms with E-state index in [4.69, 9.17) is 4.42 Å². The summed E-state index contributed by atoms with van der Waals surface area (Å²) in [6.07, 6.45) is 7.53. The van der Waals surface area contributed by atoms with Gasteiger partial charge in [-0.05, 0) is 93.4 Å². The Bertz CT molecular complexity index is 2650. The van der Waals surface area contributed by atoms with Crippen molar-refractivity contribution in [1.29, 1.82) is 0 Å². The molecule has 275 valence electrons. The Morgan fingerprint density at radius 3 is 2.26 bits per heavy atom. The predicted octanol–water partition coefficient (Wildman–Crippen LogP) is 13.8. The molecule has 1 atom stereocenters. The first kappa shape index (κ1) is 37.6. The topological polar surface area (TPSA) is 38.9 Å². The monoisotopic (exact) mass is 889 g/mol. The van der Waals surface area contributed by atoms with Crippen LogP contribution in [0, 0.1) is 44.1 Å². The number of fused-ring (bicyclic) bond motifs is 5. The van der Waals surface area contributed by atoms with E-state index >= 15 is 4.39 Å². The van der Waals surface area contributed by atoms with Crippen LogP contribution in [0.25, 0.3) is 66.0 Å². The van der Waals surface area contributed by atoms with E-state index in [9.17, 15) is 0 Å². The van der Waals surface area contributed by atoms with E-state index < -0.39 is 0 Å². The molecule has 5 aromatic carbocycles. The molecule has 0 aliphatic heterocycles. The van der Waals surface area contributed by atoms with E-state index in [1.54, 1.807) is 12.3 Å². The van der Waals surface area contributed by atoms with Gasteiger partial charge in [-0.15, -0.1) is 52.6 Å². The van der Waals surface area contributed by atoms with E-state index in [-0.39, 0.29) is 31.8 Å². The van der Waals surface area contributed by atoms with Crippen LogP contribution in [0.5, 0.6) is 0 Å². The van der Waals surface area contributed by atoms with Gasteiger partial charge in [0, 0.05) is 43.3 Å². The molecule has 9 rings (SSSR count). The number of nitrogens with zero attached hydrogens (tertiary/aromatic N) is 2. The van der Waals surface area contributed by atoms with Crippen LogP contribution in [0.15, 0.2) is 102 Å². The van der Waals surface area contributed by atoms with Crippen molar-refractivity contribution in [3.8, 4) is 22.5 Å². The number of hydrogen-bond donors (Lipinski definition) is 0. The van der Waals surface area contributed by atoms with Gasteiger partial charge in [0.25, 0.3) is 0 Å². The molecule has 1 unspecified atom stereocenters. The summed E-state index contributed by atoms with van der Waals surface area (Å²) in [7, 11) is 0. The van der Waals surface area contributed by atoms with Crippen molar-refractivity contribution in [2.75, 3.05) is 0 Å². The molecule has 0 N–H and O–H groups in total. The van der Waals surface area contributed by atoms with Gasteiger partial charge in [-0.1, -0.05) is 108 Å². The van der Waals surface area contributed by atoms with E-state index in [1.165, 1.54) is 46.7 Å². The maximum absolute atomic E-state index is 15.1. The van der Waals surface area contributed by atoms with Gasteiger partial charge in [-0.3, -0.25) is 0 Å². The molecule has 1 radical (unpaired) electrons. The van der Waals surface area contributed by atoms with Gasteiger partial charge in [0.05, 0.1) is 5.58 Å². The predicted molar refractivity (Wildman–Crippen MR) is 218 cm³/mol. The second-order valence-electron chi connectivity index (χ2n) is 16.0. The van der Waals surface area contributed by atoms with Gasteiger partial charge >= 0.3 is 0 Å². The minimum Gasteiger partial charge on any atom is -0.501 e. The first-order chi connectivity index (χ1) is 25.5. The largest absolute Gasteiger partial charge is 0.501 e. The smallest absolute Gasteiger partial charge is 0.133 e. The van der Waals surface area contributed by atoms with Gasteiger partial charge < -0.3 is 14.4 Å². The minimum absolute atomic E-state index is 0. The zero-order valence-corrected chi connectivity index (χ0v) is 34.4. The number of aromatic nitrogens is 2. The SMILES string of the molecule is Cc1[c-]c(-c2nccc3c(F)c(C(C)C)ccc23)c2oc3ccccc3c2c1.Cc1[c-]c(-c2nccc3cc(C4CCC(C)(C)C4)ccc23)cc(C)c1.[Ir]. The van der Waals surface area contributed by atoms with Crippen molar-refractivity contribution in [1.82, 2.24) is 9.97 Å². The summed E-state index contributed by atoms with van der Waals surface area (Å²) in [4.78, 5) is 9.27. The van der Waals surface area contributed by atoms with E-state index in [0.29, 0.717) is 28.0 Å². The molecule has 54 heavy (non-hydrogen) atoms. The number of halogens is 1. The maximum atomic E-state index is 15.1. The molecule has 3 aromatic heterocycles. The van der Waals surface area contributed by atoms with Gasteiger partial charge in [0.1, 0.15) is 11.4 Å². The van der Waals surface area contributed by atoms with E-state index in [2.05, 4.69) is 98.3 Å². The van der Waals surface area contributed by atoms with Crippen molar-refractivity contribution in [2.24, 2.45) is 5.41 Å². The van der Waals surface area contributed by atoms with Gasteiger partial charge in [-0.2, -0.15) is 0 Å². The van der Waals surface area contributed by atoms with E-state index in [0.717, 1.165) is 49.7 Å². The molecule has 8 aromatic rings. The third kappa shape index (κ3) is 7.12. The van der Waals surface area contributed by atoms with Crippen molar-refractivity contribution >= 4 is 43.5 Å². The molecule has 0 amide bonds. The molecule has 0 bridgehead atoms. The summed E-state index contributed by atoms with van der Waals surface area (Å²) in [6.45, 7) is 15.0. The molecule has 1 aliphatic carbocycles. The second-order valence-corrected chi connectivity index (χ2v) is 16.0. The molecule has 1 fully saturated rings. The number of benzene rings is 5. The average molecular weight is 889 g/mol. The van der Waals surface area contributed by atoms with Crippen LogP contribution in [0.2, 0.25) is 0 Å². The van der Waals surface area contributed by atoms with Crippen LogP contribution in [0.4, 0.5) is 4.39 Å². The quantitative estimate of drug-likeness (QED) is 0.165. The Morgan fingerprint density at radius 1 is 0.759 bits per heavy atom. The van der Waals surface area contributed by atoms with Crippen LogP contribution >= 0.6 is 0 Å². The fourth-order valence-corrected chi connectivity index (χ4v) is 8.36. The number of aryl methyl sites for hydroxylation is 3. The first-order valence-corrected chi connectivity index (χ1v) is 18.8. The van der Waals surface area contributed by atoms with E-state index in [1.807, 2.05) is 57.3 Å². The number of hydrogen-bond acceptors (Lipinski definition) is 3. The van der Waals surface area contributed by atoms with Gasteiger partial charge in [-0.25, -0.2) is 4.39 Å². The Hall–Kier alpha value is -4.70. The number of para-hydroxylation sites is 1. The van der Waals surface area contributed by atoms with Crippen LogP contribution in [-0.4, -0.2) is 9.97 Å². The van der Waals surface area contributed by atoms with Crippen molar-refractivity contribution < 1.29 is 28.9 Å². The standard InChI is InChI=1S/C25H19FNO.C24H26N.Ir/c1-14(2)16-8-9-19-18(23(16)26)10-11-27-24(19)21-13-15(3)12-20-17-6-4-5-7-22(17)28-25(20)21;1-16-11-17(2)13-21(12-16)23-22-6-5-18(14-19(22)8-10-25-23)20-7-9-24(3,4)15-20;/h4-12,14H,1-3H3;5-6,8,10-12,14,20H,7,9,15H2,1-4H3;/q2*-1;. The Labute approximate surface area is 331 Å². The maximum Gasteiger partial charge on any atom is 0.133 e. The number of pyridine rings is 2. The molecule has 1 aliphatic rings. The van der Waals surface area contributed by atoms with Crippen LogP contribution in [-0.2, 0) is 20.1 Å². The third-order valence-electron chi connectivity index (χ3n) is 10.9. The summed E-state index contributed by atoms with van der Waals surface area (Å²) in [5, 5.41) is 5.96. The Kier molecular flexibility index (Phi) is 10.3. The molecule has 1 saturated carbocycles. The summed E-state index contributed by atoms with van der Waals surface area (Å²) >= 11 is 0. The van der Waals surface area contributed by atoms with Crippen LogP contribution in [0.1, 0.15) is 86.6 Å². The molecule has 0 saturated heterocycles. The van der Waals surface area contributed by atoms with Crippen LogP contribution < -0.4 is 0 Å². The Morgan fingerprint density at radius 2 is 1.50 bits per heavy atom. The summed E-state index contributed by atoms with van der Waals surface area (Å²) in [6, 6.07) is 35.9. The molecule has 5 heteroatoms. The summed E-state index contributed by atoms with van der Waals surface area (Å²) in [5.74, 6) is 0.641. The molecule has 0 spiro atoms. The minimum atomic E-state index is -0.176. The first-order valence-electron chi connectivity index (χ1n) is 18.8. The molecule has 3 nitrogen and oxygen atoms in total. The molecule has 3 heterocycles. The molecular weight excluding hydrogens is 844 g/mol. The normalized spacial score (nSPS) is 15.2. The number of rotatable bonds is 4. The third-order valence-corrected chi connectivity index (χ3v) is 10.9. The summed E-state index contributed by atoms with van der Waals surface area (Å²) < 4.78 is 21.3. The van der Waals surface area contributed by atoms with Crippen molar-refractivity contribution in [2.45, 2.75) is 79.6 Å². The molecular formula is C49H45FIrN2O-2. The van der Waals surface area contributed by atoms with Gasteiger partial charge in [0.2, 0.25) is 0 Å². The fourth-order valence-electron chi connectivity index (χ4n) is 8.36. The average Bonchev–Trinajstić information content (AvgIpc) is 3.70. The van der Waals surface area contributed by atoms with Crippen molar-refractivity contribution in [3.63, 3.8) is 0 Å². The zero-order valence-electron chi connectivity index (χ0n) is 32.0. The van der Waals surface area contributed by atoms with Crippen LogP contribution in [0.3, 0.4) is 0 Å². The fraction of sp³-hybridized carbons (Fsp3) is 0.265. The van der Waals surface area contributed by atoms with Gasteiger partial charge in [0.15, 0.2) is 0 Å². The van der Waals surface area contributed by atoms with Crippen molar-refractivity contribution in [3.05, 3.63) is 143 Å². The zero-order chi connectivity index (χ0) is 37.0. The number of furan rings is 1. The second kappa shape index (κ2) is 14.9. The summed E-state index contributed by atoms with van der Waals surface area (Å²) in [5.41, 5.74) is 11.3. The Balaban J connectivity index is 0.000000165.